The predicted octanol–water partition coefficient (Wildman–Crippen LogP) is 4.28. The second kappa shape index (κ2) is 7.91. The molecule has 0 amide bonds. The Balaban J connectivity index is 1.63. The summed E-state index contributed by atoms with van der Waals surface area (Å²) in [7, 11) is 0. The number of aromatic nitrogens is 2. The highest BCUT2D eigenvalue weighted by atomic mass is 19.4. The number of nitrogens with zero attached hydrogens (tertiary/aromatic N) is 2. The number of nitrogens with one attached hydrogen (secondary N) is 1. The fraction of sp³-hybridized carbons (Fsp3) is 0.238. The molecule has 0 radical (unpaired) electrons. The molecule has 0 aliphatic carbocycles. The number of alkyl halides is 3. The zero-order valence-corrected chi connectivity index (χ0v) is 15.7. The molecular formula is C21H17F4N3O2. The van der Waals surface area contributed by atoms with Crippen molar-refractivity contribution in [2.45, 2.75) is 25.7 Å². The normalized spacial score (nSPS) is 14.4. The lowest BCUT2D eigenvalue weighted by Crippen LogP contribution is -2.33. The van der Waals surface area contributed by atoms with Crippen LogP contribution in [0.3, 0.4) is 0 Å². The van der Waals surface area contributed by atoms with Gasteiger partial charge in [0.15, 0.2) is 0 Å². The van der Waals surface area contributed by atoms with Crippen LogP contribution in [0.25, 0.3) is 0 Å². The standard InChI is InChI=1S/C21H17F4N3O2/c22-14-6-7-18(16(10-14)21(23,24)25)30-19-15-8-9-28(11-13-4-2-1-3-5-13)12-17(15)26-20(29)27-19/h1-7,10H,8-9,11-12H2,(H,26,27,29). The summed E-state index contributed by atoms with van der Waals surface area (Å²) in [4.78, 5) is 20.5. The lowest BCUT2D eigenvalue weighted by atomic mass is 10.1. The molecule has 30 heavy (non-hydrogen) atoms. The summed E-state index contributed by atoms with van der Waals surface area (Å²) < 4.78 is 58.5. The molecule has 5 nitrogen and oxygen atoms in total. The topological polar surface area (TPSA) is 58.2 Å². The van der Waals surface area contributed by atoms with E-state index >= 15 is 0 Å². The molecule has 4 rings (SSSR count). The van der Waals surface area contributed by atoms with Crippen molar-refractivity contribution in [2.24, 2.45) is 0 Å². The van der Waals surface area contributed by atoms with E-state index < -0.39 is 29.0 Å². The molecule has 0 unspecified atom stereocenters. The summed E-state index contributed by atoms with van der Waals surface area (Å²) in [6.45, 7) is 1.67. The van der Waals surface area contributed by atoms with E-state index in [0.29, 0.717) is 43.4 Å². The molecule has 1 N–H and O–H groups in total. The van der Waals surface area contributed by atoms with Gasteiger partial charge in [-0.1, -0.05) is 30.3 Å². The van der Waals surface area contributed by atoms with E-state index in [-0.39, 0.29) is 5.88 Å². The van der Waals surface area contributed by atoms with Crippen LogP contribution in [-0.2, 0) is 25.7 Å². The number of rotatable bonds is 4. The van der Waals surface area contributed by atoms with E-state index in [0.717, 1.165) is 17.7 Å². The van der Waals surface area contributed by atoms with Crippen LogP contribution in [0, 0.1) is 5.82 Å². The molecule has 0 saturated heterocycles. The van der Waals surface area contributed by atoms with E-state index in [9.17, 15) is 22.4 Å². The molecule has 3 aromatic rings. The van der Waals surface area contributed by atoms with Gasteiger partial charge in [-0.2, -0.15) is 18.2 Å². The number of benzene rings is 2. The fourth-order valence-corrected chi connectivity index (χ4v) is 3.46. The average molecular weight is 419 g/mol. The monoisotopic (exact) mass is 419 g/mol. The third-order valence-electron chi connectivity index (χ3n) is 4.85. The zero-order chi connectivity index (χ0) is 21.3. The minimum atomic E-state index is -4.81. The number of hydrogen-bond acceptors (Lipinski definition) is 4. The van der Waals surface area contributed by atoms with Crippen LogP contribution in [0.4, 0.5) is 17.6 Å². The van der Waals surface area contributed by atoms with Crippen LogP contribution in [0.2, 0.25) is 0 Å². The van der Waals surface area contributed by atoms with Crippen LogP contribution >= 0.6 is 0 Å². The van der Waals surface area contributed by atoms with Gasteiger partial charge >= 0.3 is 11.9 Å². The SMILES string of the molecule is O=c1nc(Oc2ccc(F)cc2C(F)(F)F)c2c([nH]1)CN(Cc1ccccc1)CC2. The van der Waals surface area contributed by atoms with Crippen molar-refractivity contribution < 1.29 is 22.3 Å². The summed E-state index contributed by atoms with van der Waals surface area (Å²) in [5.74, 6) is -1.83. The van der Waals surface area contributed by atoms with Crippen molar-refractivity contribution in [2.75, 3.05) is 6.54 Å². The van der Waals surface area contributed by atoms with Crippen LogP contribution in [0.5, 0.6) is 11.6 Å². The van der Waals surface area contributed by atoms with Crippen LogP contribution in [0.15, 0.2) is 53.3 Å². The summed E-state index contributed by atoms with van der Waals surface area (Å²) in [6.07, 6.45) is -4.38. The number of hydrogen-bond donors (Lipinski definition) is 1. The molecule has 0 fully saturated rings. The second-order valence-corrected chi connectivity index (χ2v) is 6.99. The highest BCUT2D eigenvalue weighted by Crippen LogP contribution is 2.39. The minimum Gasteiger partial charge on any atom is -0.438 e. The van der Waals surface area contributed by atoms with Crippen LogP contribution in [-0.4, -0.2) is 21.4 Å². The van der Waals surface area contributed by atoms with Gasteiger partial charge in [-0.25, -0.2) is 9.18 Å². The van der Waals surface area contributed by atoms with Gasteiger partial charge in [-0.15, -0.1) is 0 Å². The van der Waals surface area contributed by atoms with Gasteiger partial charge in [0.25, 0.3) is 0 Å². The van der Waals surface area contributed by atoms with E-state index in [1.54, 1.807) is 0 Å². The average Bonchev–Trinajstić information content (AvgIpc) is 2.69. The molecule has 2 heterocycles. The van der Waals surface area contributed by atoms with Crippen LogP contribution < -0.4 is 10.4 Å². The van der Waals surface area contributed by atoms with Gasteiger partial charge in [0.05, 0.1) is 0 Å². The Bertz CT molecular complexity index is 1110. The zero-order valence-electron chi connectivity index (χ0n) is 15.7. The van der Waals surface area contributed by atoms with Gasteiger partial charge < -0.3 is 9.72 Å². The van der Waals surface area contributed by atoms with Gasteiger partial charge in [0, 0.05) is 30.9 Å². The first-order valence-corrected chi connectivity index (χ1v) is 9.22. The summed E-state index contributed by atoms with van der Waals surface area (Å²) in [5, 5.41) is 0. The number of fused-ring (bicyclic) bond motifs is 1. The van der Waals surface area contributed by atoms with E-state index in [4.69, 9.17) is 4.74 Å². The Kier molecular flexibility index (Phi) is 5.29. The summed E-state index contributed by atoms with van der Waals surface area (Å²) in [5.41, 5.74) is 0.204. The van der Waals surface area contributed by atoms with E-state index in [1.807, 2.05) is 30.3 Å². The fourth-order valence-electron chi connectivity index (χ4n) is 3.46. The Morgan fingerprint density at radius 3 is 2.63 bits per heavy atom. The van der Waals surface area contributed by atoms with Crippen molar-refractivity contribution >= 4 is 0 Å². The molecule has 0 bridgehead atoms. The van der Waals surface area contributed by atoms with Crippen molar-refractivity contribution in [3.8, 4) is 11.6 Å². The second-order valence-electron chi connectivity index (χ2n) is 6.99. The third-order valence-corrected chi connectivity index (χ3v) is 4.85. The predicted molar refractivity (Wildman–Crippen MR) is 101 cm³/mol. The summed E-state index contributed by atoms with van der Waals surface area (Å²) >= 11 is 0. The Morgan fingerprint density at radius 2 is 1.90 bits per heavy atom. The maximum absolute atomic E-state index is 13.3. The first kappa shape index (κ1) is 20.1. The molecule has 0 saturated carbocycles. The molecule has 1 aromatic heterocycles. The van der Waals surface area contributed by atoms with E-state index in [2.05, 4.69) is 14.9 Å². The molecule has 9 heteroatoms. The first-order valence-electron chi connectivity index (χ1n) is 9.22. The lowest BCUT2D eigenvalue weighted by Gasteiger charge is -2.29. The van der Waals surface area contributed by atoms with Crippen LogP contribution in [0.1, 0.15) is 22.4 Å². The van der Waals surface area contributed by atoms with E-state index in [1.165, 1.54) is 0 Å². The van der Waals surface area contributed by atoms with Gasteiger partial charge in [0.2, 0.25) is 5.88 Å². The Hall–Kier alpha value is -3.20. The third kappa shape index (κ3) is 4.35. The molecule has 2 aromatic carbocycles. The molecule has 156 valence electrons. The number of aromatic amines is 1. The quantitative estimate of drug-likeness (QED) is 0.642. The smallest absolute Gasteiger partial charge is 0.420 e. The molecule has 0 atom stereocenters. The van der Waals surface area contributed by atoms with Gasteiger partial charge in [0.1, 0.15) is 17.1 Å². The Morgan fingerprint density at radius 1 is 1.13 bits per heavy atom. The maximum atomic E-state index is 13.3. The van der Waals surface area contributed by atoms with Gasteiger partial charge in [-0.05, 0) is 30.2 Å². The highest BCUT2D eigenvalue weighted by molar-refractivity contribution is 5.41. The molecule has 1 aliphatic rings. The number of ether oxygens (including phenoxy) is 1. The maximum Gasteiger partial charge on any atom is 0.420 e. The molecule has 1 aliphatic heterocycles. The lowest BCUT2D eigenvalue weighted by molar-refractivity contribution is -0.138. The number of H-pyrrole nitrogens is 1. The first-order chi connectivity index (χ1) is 14.3. The van der Waals surface area contributed by atoms with Gasteiger partial charge in [-0.3, -0.25) is 4.90 Å². The Labute approximate surface area is 169 Å². The molecule has 0 spiro atoms. The number of halogens is 4. The van der Waals surface area contributed by atoms with Crippen molar-refractivity contribution in [3.63, 3.8) is 0 Å². The molecular weight excluding hydrogens is 402 g/mol. The minimum absolute atomic E-state index is 0.190. The summed E-state index contributed by atoms with van der Waals surface area (Å²) in [6, 6.07) is 11.9. The van der Waals surface area contributed by atoms with Crippen molar-refractivity contribution in [1.29, 1.82) is 0 Å². The highest BCUT2D eigenvalue weighted by Gasteiger charge is 2.35. The largest absolute Gasteiger partial charge is 0.438 e. The van der Waals surface area contributed by atoms with Crippen molar-refractivity contribution in [3.05, 3.63) is 87.2 Å². The van der Waals surface area contributed by atoms with Crippen molar-refractivity contribution in [1.82, 2.24) is 14.9 Å².